The molecule has 0 aromatic carbocycles. The number of hydrogen-bond acceptors (Lipinski definition) is 5. The van der Waals surface area contributed by atoms with Crippen LogP contribution in [0.15, 0.2) is 11.4 Å². The molecule has 21 heavy (non-hydrogen) atoms. The summed E-state index contributed by atoms with van der Waals surface area (Å²) in [4.78, 5) is 13.3. The van der Waals surface area contributed by atoms with Crippen LogP contribution in [-0.4, -0.2) is 51.0 Å². The summed E-state index contributed by atoms with van der Waals surface area (Å²) in [7, 11) is -3.69. The number of ether oxygens (including phenoxy) is 1. The monoisotopic (exact) mass is 323 g/mol. The average Bonchev–Trinajstić information content (AvgIpc) is 2.33. The lowest BCUT2D eigenvalue weighted by molar-refractivity contribution is 0.0244. The Kier molecular flexibility index (Phi) is 5.75. The van der Waals surface area contributed by atoms with Crippen molar-refractivity contribution in [1.82, 2.24) is 4.90 Å². The summed E-state index contributed by atoms with van der Waals surface area (Å²) in [5.41, 5.74) is -0.244. The Balaban J connectivity index is 2.68. The van der Waals surface area contributed by atoms with Gasteiger partial charge in [0, 0.05) is 13.1 Å². The van der Waals surface area contributed by atoms with Gasteiger partial charge in [-0.1, -0.05) is 0 Å². The van der Waals surface area contributed by atoms with Crippen LogP contribution in [-0.2, 0) is 19.0 Å². The molecule has 0 spiro atoms. The maximum atomic E-state index is 13.9. The third kappa shape index (κ3) is 6.90. The molecule has 6 nitrogen and oxygen atoms in total. The summed E-state index contributed by atoms with van der Waals surface area (Å²) in [5.74, 6) is -0.645. The van der Waals surface area contributed by atoms with Crippen LogP contribution in [0.3, 0.4) is 0 Å². The van der Waals surface area contributed by atoms with E-state index in [2.05, 4.69) is 4.18 Å². The maximum absolute atomic E-state index is 13.9. The SMILES string of the molecule is CC(C)(C)OC(=O)N1CCCC(=C(F)COS(C)(=O)=O)C1. The van der Waals surface area contributed by atoms with Gasteiger partial charge in [0.2, 0.25) is 0 Å². The molecule has 0 radical (unpaired) electrons. The summed E-state index contributed by atoms with van der Waals surface area (Å²) < 4.78 is 45.3. The van der Waals surface area contributed by atoms with Crippen LogP contribution in [0, 0.1) is 0 Å². The van der Waals surface area contributed by atoms with Gasteiger partial charge in [-0.25, -0.2) is 9.18 Å². The number of carbonyl (C=O) groups excluding carboxylic acids is 1. The molecule has 0 unspecified atom stereocenters. The van der Waals surface area contributed by atoms with Crippen LogP contribution in [0.5, 0.6) is 0 Å². The fourth-order valence-electron chi connectivity index (χ4n) is 1.84. The van der Waals surface area contributed by atoms with Gasteiger partial charge < -0.3 is 9.64 Å². The zero-order valence-electron chi connectivity index (χ0n) is 12.8. The van der Waals surface area contributed by atoms with Crippen molar-refractivity contribution in [2.45, 2.75) is 39.2 Å². The summed E-state index contributed by atoms with van der Waals surface area (Å²) in [6, 6.07) is 0. The third-order valence-corrected chi connectivity index (χ3v) is 3.27. The average molecular weight is 323 g/mol. The molecule has 0 saturated carbocycles. The Morgan fingerprint density at radius 2 is 2.00 bits per heavy atom. The second-order valence-electron chi connectivity index (χ2n) is 5.98. The fraction of sp³-hybridized carbons (Fsp3) is 0.769. The van der Waals surface area contributed by atoms with Gasteiger partial charge in [-0.2, -0.15) is 8.42 Å². The molecule has 0 aromatic heterocycles. The van der Waals surface area contributed by atoms with E-state index in [1.54, 1.807) is 20.8 Å². The molecule has 0 N–H and O–H groups in total. The van der Waals surface area contributed by atoms with Crippen molar-refractivity contribution in [3.63, 3.8) is 0 Å². The number of halogens is 1. The van der Waals surface area contributed by atoms with E-state index in [0.29, 0.717) is 25.0 Å². The summed E-state index contributed by atoms with van der Waals surface area (Å²) in [6.07, 6.45) is 1.43. The van der Waals surface area contributed by atoms with Gasteiger partial charge in [-0.05, 0) is 39.2 Å². The minimum atomic E-state index is -3.69. The van der Waals surface area contributed by atoms with Gasteiger partial charge in [0.1, 0.15) is 18.0 Å². The molecule has 0 bridgehead atoms. The van der Waals surface area contributed by atoms with Crippen molar-refractivity contribution in [3.05, 3.63) is 11.4 Å². The van der Waals surface area contributed by atoms with Crippen LogP contribution < -0.4 is 0 Å². The predicted octanol–water partition coefficient (Wildman–Crippen LogP) is 2.22. The topological polar surface area (TPSA) is 72.9 Å². The molecule has 1 saturated heterocycles. The minimum Gasteiger partial charge on any atom is -0.444 e. The zero-order valence-corrected chi connectivity index (χ0v) is 13.6. The van der Waals surface area contributed by atoms with Crippen LogP contribution in [0.1, 0.15) is 33.6 Å². The third-order valence-electron chi connectivity index (χ3n) is 2.72. The first-order valence-corrected chi connectivity index (χ1v) is 8.48. The molecule has 1 fully saturated rings. The van der Waals surface area contributed by atoms with Crippen molar-refractivity contribution in [2.75, 3.05) is 26.0 Å². The van der Waals surface area contributed by atoms with E-state index in [1.807, 2.05) is 0 Å². The molecule has 8 heteroatoms. The standard InChI is InChI=1S/C13H22FNO5S/c1-13(2,3)20-12(16)15-7-5-6-10(8-15)11(14)9-19-21(4,17)18/h5-9H2,1-4H3. The number of amides is 1. The summed E-state index contributed by atoms with van der Waals surface area (Å²) in [6.45, 7) is 5.22. The second kappa shape index (κ2) is 6.74. The molecule has 1 aliphatic heterocycles. The summed E-state index contributed by atoms with van der Waals surface area (Å²) >= 11 is 0. The summed E-state index contributed by atoms with van der Waals surface area (Å²) in [5, 5.41) is 0. The van der Waals surface area contributed by atoms with Crippen molar-refractivity contribution in [2.24, 2.45) is 0 Å². The van der Waals surface area contributed by atoms with Crippen molar-refractivity contribution >= 4 is 16.2 Å². The molecule has 0 aliphatic carbocycles. The van der Waals surface area contributed by atoms with Crippen LogP contribution in [0.4, 0.5) is 9.18 Å². The Morgan fingerprint density at radius 3 is 2.52 bits per heavy atom. The number of carbonyl (C=O) groups is 1. The fourth-order valence-corrected chi connectivity index (χ4v) is 2.15. The van der Waals surface area contributed by atoms with Gasteiger partial charge in [-0.15, -0.1) is 0 Å². The Hall–Kier alpha value is -1.15. The molecule has 1 amide bonds. The highest BCUT2D eigenvalue weighted by Crippen LogP contribution is 2.22. The number of nitrogens with zero attached hydrogens (tertiary/aromatic N) is 1. The van der Waals surface area contributed by atoms with E-state index in [-0.39, 0.29) is 6.54 Å². The van der Waals surface area contributed by atoms with Crippen molar-refractivity contribution in [1.29, 1.82) is 0 Å². The highest BCUT2D eigenvalue weighted by Gasteiger charge is 2.26. The van der Waals surface area contributed by atoms with Gasteiger partial charge in [0.15, 0.2) is 0 Å². The van der Waals surface area contributed by atoms with E-state index in [1.165, 1.54) is 4.90 Å². The Bertz CT molecular complexity index is 521. The molecule has 0 aromatic rings. The number of rotatable bonds is 3. The quantitative estimate of drug-likeness (QED) is 0.745. The molecular formula is C13H22FNO5S. The number of hydrogen-bond donors (Lipinski definition) is 0. The van der Waals surface area contributed by atoms with Crippen molar-refractivity contribution < 1.29 is 26.5 Å². The molecule has 1 rings (SSSR count). The largest absolute Gasteiger partial charge is 0.444 e. The Labute approximate surface area is 125 Å². The predicted molar refractivity (Wildman–Crippen MR) is 76.0 cm³/mol. The lowest BCUT2D eigenvalue weighted by Crippen LogP contribution is -2.40. The number of likely N-dealkylation sites (tertiary alicyclic amines) is 1. The molecule has 1 heterocycles. The maximum Gasteiger partial charge on any atom is 0.410 e. The number of piperidine rings is 1. The Morgan fingerprint density at radius 1 is 1.38 bits per heavy atom. The smallest absolute Gasteiger partial charge is 0.410 e. The first-order valence-electron chi connectivity index (χ1n) is 6.67. The molecule has 0 atom stereocenters. The van der Waals surface area contributed by atoms with E-state index in [0.717, 1.165) is 6.26 Å². The van der Waals surface area contributed by atoms with Gasteiger partial charge in [-0.3, -0.25) is 4.18 Å². The minimum absolute atomic E-state index is 0.0911. The van der Waals surface area contributed by atoms with E-state index in [4.69, 9.17) is 4.74 Å². The van der Waals surface area contributed by atoms with Crippen LogP contribution in [0.25, 0.3) is 0 Å². The first-order chi connectivity index (χ1) is 9.48. The molecular weight excluding hydrogens is 301 g/mol. The van der Waals surface area contributed by atoms with E-state index >= 15 is 0 Å². The van der Waals surface area contributed by atoms with Gasteiger partial charge in [0.05, 0.1) is 6.26 Å². The van der Waals surface area contributed by atoms with Crippen LogP contribution in [0.2, 0.25) is 0 Å². The highest BCUT2D eigenvalue weighted by atomic mass is 32.2. The van der Waals surface area contributed by atoms with Crippen LogP contribution >= 0.6 is 0 Å². The molecule has 1 aliphatic rings. The van der Waals surface area contributed by atoms with E-state index < -0.39 is 34.2 Å². The normalized spacial score (nSPS) is 19.4. The molecule has 122 valence electrons. The lowest BCUT2D eigenvalue weighted by Gasteiger charge is -2.31. The van der Waals surface area contributed by atoms with Gasteiger partial charge in [0.25, 0.3) is 10.1 Å². The second-order valence-corrected chi connectivity index (χ2v) is 7.62. The van der Waals surface area contributed by atoms with Crippen molar-refractivity contribution in [3.8, 4) is 0 Å². The van der Waals surface area contributed by atoms with Gasteiger partial charge >= 0.3 is 6.09 Å². The zero-order chi connectivity index (χ0) is 16.3. The van der Waals surface area contributed by atoms with E-state index in [9.17, 15) is 17.6 Å². The lowest BCUT2D eigenvalue weighted by atomic mass is 10.0. The highest BCUT2D eigenvalue weighted by molar-refractivity contribution is 7.85. The first kappa shape index (κ1) is 17.9.